The highest BCUT2D eigenvalue weighted by molar-refractivity contribution is 9.10. The highest BCUT2D eigenvalue weighted by atomic mass is 79.9. The Morgan fingerprint density at radius 2 is 1.62 bits per heavy atom. The smallest absolute Gasteiger partial charge is 0.162 e. The van der Waals surface area contributed by atoms with Crippen molar-refractivity contribution in [2.24, 2.45) is 0 Å². The van der Waals surface area contributed by atoms with Gasteiger partial charge in [-0.25, -0.2) is 0 Å². The average Bonchev–Trinajstić information content (AvgIpc) is 2.35. The molecule has 1 aromatic carbocycles. The molecule has 118 valence electrons. The summed E-state index contributed by atoms with van der Waals surface area (Å²) in [7, 11) is 0. The van der Waals surface area contributed by atoms with Gasteiger partial charge in [-0.15, -0.1) is 0 Å². The Morgan fingerprint density at radius 1 is 1.05 bits per heavy atom. The first-order valence-corrected chi connectivity index (χ1v) is 8.33. The van der Waals surface area contributed by atoms with E-state index in [0.717, 1.165) is 28.9 Å². The van der Waals surface area contributed by atoms with Gasteiger partial charge in [0.15, 0.2) is 11.5 Å². The van der Waals surface area contributed by atoms with E-state index >= 15 is 0 Å². The lowest BCUT2D eigenvalue weighted by Crippen LogP contribution is -2.38. The van der Waals surface area contributed by atoms with Crippen LogP contribution < -0.4 is 14.8 Å². The van der Waals surface area contributed by atoms with Crippen molar-refractivity contribution in [1.82, 2.24) is 5.32 Å². The molecule has 0 radical (unpaired) electrons. The maximum atomic E-state index is 5.71. The van der Waals surface area contributed by atoms with E-state index in [9.17, 15) is 0 Å². The maximum absolute atomic E-state index is 5.71. The normalized spacial score (nSPS) is 15.1. The quantitative estimate of drug-likeness (QED) is 0.874. The average molecular weight is 356 g/mol. The first-order valence-electron chi connectivity index (χ1n) is 7.54. The molecule has 0 aliphatic carbocycles. The van der Waals surface area contributed by atoms with Crippen LogP contribution in [0.3, 0.4) is 0 Å². The SMILES string of the molecule is CC(C)(C)NCCC(C)(C)c1cc2c(cc1Br)OCCO2. The second-order valence-electron chi connectivity index (χ2n) is 7.29. The van der Waals surface area contributed by atoms with Crippen LogP contribution in [0.4, 0.5) is 0 Å². The summed E-state index contributed by atoms with van der Waals surface area (Å²) in [5.41, 5.74) is 1.48. The Labute approximate surface area is 136 Å². The van der Waals surface area contributed by atoms with Crippen LogP contribution in [-0.2, 0) is 5.41 Å². The number of rotatable bonds is 4. The highest BCUT2D eigenvalue weighted by Crippen LogP contribution is 2.41. The van der Waals surface area contributed by atoms with Crippen molar-refractivity contribution in [2.75, 3.05) is 19.8 Å². The molecule has 1 N–H and O–H groups in total. The molecule has 1 aliphatic rings. The molecule has 0 saturated heterocycles. The van der Waals surface area contributed by atoms with Gasteiger partial charge < -0.3 is 14.8 Å². The van der Waals surface area contributed by atoms with Crippen molar-refractivity contribution in [1.29, 1.82) is 0 Å². The van der Waals surface area contributed by atoms with Gasteiger partial charge in [-0.1, -0.05) is 29.8 Å². The number of hydrogen-bond acceptors (Lipinski definition) is 3. The third kappa shape index (κ3) is 4.36. The van der Waals surface area contributed by atoms with Gasteiger partial charge in [0, 0.05) is 10.0 Å². The van der Waals surface area contributed by atoms with Crippen LogP contribution in [0.1, 0.15) is 46.6 Å². The van der Waals surface area contributed by atoms with E-state index in [-0.39, 0.29) is 11.0 Å². The number of benzene rings is 1. The summed E-state index contributed by atoms with van der Waals surface area (Å²) < 4.78 is 12.4. The van der Waals surface area contributed by atoms with Gasteiger partial charge in [-0.3, -0.25) is 0 Å². The molecule has 21 heavy (non-hydrogen) atoms. The molecule has 1 aromatic rings. The second kappa shape index (κ2) is 6.17. The molecule has 0 aromatic heterocycles. The summed E-state index contributed by atoms with van der Waals surface area (Å²) in [5.74, 6) is 1.69. The van der Waals surface area contributed by atoms with Crippen LogP contribution in [0.5, 0.6) is 11.5 Å². The zero-order valence-electron chi connectivity index (χ0n) is 13.7. The molecule has 0 saturated carbocycles. The van der Waals surface area contributed by atoms with Crippen molar-refractivity contribution in [3.05, 3.63) is 22.2 Å². The molecule has 3 nitrogen and oxygen atoms in total. The van der Waals surface area contributed by atoms with Gasteiger partial charge in [-0.05, 0) is 56.8 Å². The van der Waals surface area contributed by atoms with E-state index in [4.69, 9.17) is 9.47 Å². The van der Waals surface area contributed by atoms with E-state index in [1.54, 1.807) is 0 Å². The molecule has 1 heterocycles. The van der Waals surface area contributed by atoms with E-state index in [2.05, 4.69) is 61.9 Å². The van der Waals surface area contributed by atoms with Gasteiger partial charge in [0.05, 0.1) is 0 Å². The Kier molecular flexibility index (Phi) is 4.89. The molecule has 0 fully saturated rings. The summed E-state index contributed by atoms with van der Waals surface area (Å²) in [6, 6.07) is 4.15. The van der Waals surface area contributed by atoms with Crippen LogP contribution in [-0.4, -0.2) is 25.3 Å². The van der Waals surface area contributed by atoms with Gasteiger partial charge in [0.1, 0.15) is 13.2 Å². The van der Waals surface area contributed by atoms with Crippen molar-refractivity contribution < 1.29 is 9.47 Å². The number of hydrogen-bond donors (Lipinski definition) is 1. The monoisotopic (exact) mass is 355 g/mol. The molecule has 0 amide bonds. The predicted molar refractivity (Wildman–Crippen MR) is 90.5 cm³/mol. The topological polar surface area (TPSA) is 30.5 Å². The first kappa shape index (κ1) is 16.6. The van der Waals surface area contributed by atoms with Crippen LogP contribution in [0, 0.1) is 0 Å². The molecule has 0 spiro atoms. The van der Waals surface area contributed by atoms with Gasteiger partial charge >= 0.3 is 0 Å². The summed E-state index contributed by atoms with van der Waals surface area (Å²) in [4.78, 5) is 0. The molecule has 1 aliphatic heterocycles. The number of fused-ring (bicyclic) bond motifs is 1. The molecule has 2 rings (SSSR count). The molecule has 0 bridgehead atoms. The van der Waals surface area contributed by atoms with Crippen molar-refractivity contribution in [3.8, 4) is 11.5 Å². The van der Waals surface area contributed by atoms with Crippen LogP contribution in [0.25, 0.3) is 0 Å². The Morgan fingerprint density at radius 3 is 2.19 bits per heavy atom. The zero-order valence-corrected chi connectivity index (χ0v) is 15.3. The van der Waals surface area contributed by atoms with E-state index < -0.39 is 0 Å². The fourth-order valence-electron chi connectivity index (χ4n) is 2.47. The van der Waals surface area contributed by atoms with E-state index in [1.807, 2.05) is 6.07 Å². The molecule has 4 heteroatoms. The van der Waals surface area contributed by atoms with Crippen LogP contribution >= 0.6 is 15.9 Å². The molecular formula is C17H26BrNO2. The fraction of sp³-hybridized carbons (Fsp3) is 0.647. The summed E-state index contributed by atoms with van der Waals surface area (Å²) in [5, 5.41) is 3.56. The van der Waals surface area contributed by atoms with Crippen LogP contribution in [0.2, 0.25) is 0 Å². The molecule has 0 atom stereocenters. The standard InChI is InChI=1S/C17H26BrNO2/c1-16(2,3)19-7-6-17(4,5)12-10-14-15(11-13(12)18)21-9-8-20-14/h10-11,19H,6-9H2,1-5H3. The minimum absolute atomic E-state index is 0.0624. The molecule has 0 unspecified atom stereocenters. The first-order chi connectivity index (χ1) is 9.69. The van der Waals surface area contributed by atoms with Crippen molar-refractivity contribution in [2.45, 2.75) is 52.0 Å². The third-order valence-corrected chi connectivity index (χ3v) is 4.42. The third-order valence-electron chi connectivity index (χ3n) is 3.77. The lowest BCUT2D eigenvalue weighted by atomic mass is 9.81. The van der Waals surface area contributed by atoms with Gasteiger partial charge in [-0.2, -0.15) is 0 Å². The Balaban J connectivity index is 2.15. The van der Waals surface area contributed by atoms with Gasteiger partial charge in [0.25, 0.3) is 0 Å². The van der Waals surface area contributed by atoms with Gasteiger partial charge in [0.2, 0.25) is 0 Å². The predicted octanol–water partition coefficient (Wildman–Crippen LogP) is 4.28. The van der Waals surface area contributed by atoms with E-state index in [1.165, 1.54) is 5.56 Å². The maximum Gasteiger partial charge on any atom is 0.162 e. The minimum Gasteiger partial charge on any atom is -0.486 e. The summed E-state index contributed by atoms with van der Waals surface area (Å²) >= 11 is 3.69. The summed E-state index contributed by atoms with van der Waals surface area (Å²) in [6.07, 6.45) is 1.06. The van der Waals surface area contributed by atoms with Crippen molar-refractivity contribution >= 4 is 15.9 Å². The fourth-order valence-corrected chi connectivity index (χ4v) is 3.33. The Hall–Kier alpha value is -0.740. The minimum atomic E-state index is 0.0624. The lowest BCUT2D eigenvalue weighted by molar-refractivity contribution is 0.171. The van der Waals surface area contributed by atoms with E-state index in [0.29, 0.717) is 13.2 Å². The Bertz CT molecular complexity index is 506. The second-order valence-corrected chi connectivity index (χ2v) is 8.14. The summed E-state index contributed by atoms with van der Waals surface area (Å²) in [6.45, 7) is 13.4. The number of ether oxygens (including phenoxy) is 2. The lowest BCUT2D eigenvalue weighted by Gasteiger charge is -2.30. The van der Waals surface area contributed by atoms with Crippen molar-refractivity contribution in [3.63, 3.8) is 0 Å². The largest absolute Gasteiger partial charge is 0.486 e. The molecular weight excluding hydrogens is 330 g/mol. The number of nitrogens with one attached hydrogen (secondary N) is 1. The number of halogens is 1. The van der Waals surface area contributed by atoms with Crippen LogP contribution in [0.15, 0.2) is 16.6 Å². The highest BCUT2D eigenvalue weighted by Gasteiger charge is 2.26. The zero-order chi connectivity index (χ0) is 15.7.